The van der Waals surface area contributed by atoms with Crippen LogP contribution >= 0.6 is 23.2 Å². The Kier molecular flexibility index (Phi) is 11.5. The first-order valence-electron chi connectivity index (χ1n) is 15.7. The summed E-state index contributed by atoms with van der Waals surface area (Å²) < 4.78 is 33.3. The number of anilines is 1. The number of carbonyl (C=O) groups excluding carboxylic acids is 3. The molecular formula is C33H41Cl2FN6O7. The van der Waals surface area contributed by atoms with E-state index in [1.54, 1.807) is 49.7 Å². The molecule has 0 aliphatic carbocycles. The molecule has 266 valence electrons. The molecule has 1 saturated heterocycles. The SMILES string of the molecule is CC(Oc1cc(-c2cnn(C3CCN(C(=O)OC(C)(C)C)CC3)c2)c[n+]([O-])c1NC(=O)CNC(=O)OC(C)(C)C)c1c(Cl)ccc(F)c1Cl. The molecule has 1 fully saturated rings. The first kappa shape index (κ1) is 37.5. The number of likely N-dealkylation sites (tertiary alicyclic amines) is 1. The zero-order valence-electron chi connectivity index (χ0n) is 28.4. The number of aromatic nitrogens is 3. The summed E-state index contributed by atoms with van der Waals surface area (Å²) in [5.41, 5.74) is -0.259. The lowest BCUT2D eigenvalue weighted by atomic mass is 10.1. The minimum atomic E-state index is -0.973. The fraction of sp³-hybridized carbons (Fsp3) is 0.485. The van der Waals surface area contributed by atoms with Crippen molar-refractivity contribution in [2.75, 3.05) is 25.0 Å². The number of alkyl carbamates (subject to hydrolysis) is 1. The fourth-order valence-electron chi connectivity index (χ4n) is 5.04. The summed E-state index contributed by atoms with van der Waals surface area (Å²) in [7, 11) is 0. The molecule has 3 heterocycles. The van der Waals surface area contributed by atoms with E-state index in [0.29, 0.717) is 41.8 Å². The van der Waals surface area contributed by atoms with Crippen molar-refractivity contribution in [3.05, 3.63) is 63.4 Å². The van der Waals surface area contributed by atoms with Gasteiger partial charge < -0.3 is 29.6 Å². The van der Waals surface area contributed by atoms with Crippen molar-refractivity contribution in [3.8, 4) is 16.9 Å². The Morgan fingerprint density at radius 1 is 1.08 bits per heavy atom. The van der Waals surface area contributed by atoms with Crippen molar-refractivity contribution in [1.82, 2.24) is 20.0 Å². The van der Waals surface area contributed by atoms with Crippen LogP contribution in [0.15, 0.2) is 36.8 Å². The summed E-state index contributed by atoms with van der Waals surface area (Å²) in [6, 6.07) is 3.97. The maximum absolute atomic E-state index is 14.4. The zero-order chi connectivity index (χ0) is 36.3. The molecule has 1 aromatic carbocycles. The first-order chi connectivity index (χ1) is 22.8. The number of pyridine rings is 1. The van der Waals surface area contributed by atoms with Crippen LogP contribution in [0.4, 0.5) is 19.8 Å². The van der Waals surface area contributed by atoms with Crippen molar-refractivity contribution in [2.24, 2.45) is 0 Å². The fourth-order valence-corrected chi connectivity index (χ4v) is 5.72. The number of piperidine rings is 1. The van der Waals surface area contributed by atoms with Crippen LogP contribution in [-0.4, -0.2) is 63.6 Å². The lowest BCUT2D eigenvalue weighted by molar-refractivity contribution is -0.589. The third-order valence-electron chi connectivity index (χ3n) is 7.26. The molecule has 0 saturated carbocycles. The predicted molar refractivity (Wildman–Crippen MR) is 181 cm³/mol. The summed E-state index contributed by atoms with van der Waals surface area (Å²) in [6.45, 7) is 12.5. The number of halogens is 3. The molecule has 0 radical (unpaired) electrons. The van der Waals surface area contributed by atoms with Gasteiger partial charge in [-0.1, -0.05) is 23.2 Å². The van der Waals surface area contributed by atoms with E-state index in [9.17, 15) is 24.0 Å². The third kappa shape index (κ3) is 10.1. The molecule has 3 amide bonds. The molecule has 3 aromatic rings. The lowest BCUT2D eigenvalue weighted by Gasteiger charge is -2.33. The smallest absolute Gasteiger partial charge is 0.410 e. The van der Waals surface area contributed by atoms with Crippen molar-refractivity contribution >= 4 is 47.1 Å². The number of amides is 3. The van der Waals surface area contributed by atoms with Crippen molar-refractivity contribution < 1.29 is 37.7 Å². The maximum Gasteiger partial charge on any atom is 0.410 e. The molecular weight excluding hydrogens is 682 g/mol. The van der Waals surface area contributed by atoms with E-state index in [1.165, 1.54) is 18.3 Å². The van der Waals surface area contributed by atoms with Gasteiger partial charge in [0, 0.05) is 47.1 Å². The molecule has 2 N–H and O–H groups in total. The Morgan fingerprint density at radius 3 is 2.37 bits per heavy atom. The van der Waals surface area contributed by atoms with Crippen LogP contribution in [0.1, 0.15) is 79.0 Å². The highest BCUT2D eigenvalue weighted by molar-refractivity contribution is 6.36. The Balaban J connectivity index is 1.58. The van der Waals surface area contributed by atoms with Gasteiger partial charge in [0.25, 0.3) is 0 Å². The summed E-state index contributed by atoms with van der Waals surface area (Å²) in [4.78, 5) is 39.1. The average Bonchev–Trinajstić information content (AvgIpc) is 3.49. The van der Waals surface area contributed by atoms with E-state index in [1.807, 2.05) is 20.8 Å². The summed E-state index contributed by atoms with van der Waals surface area (Å²) >= 11 is 12.6. The zero-order valence-corrected chi connectivity index (χ0v) is 29.9. The molecule has 13 nitrogen and oxygen atoms in total. The van der Waals surface area contributed by atoms with Crippen LogP contribution in [-0.2, 0) is 14.3 Å². The number of ether oxygens (including phenoxy) is 3. The Hall–Kier alpha value is -4.30. The number of hydrogen-bond donors (Lipinski definition) is 2. The monoisotopic (exact) mass is 722 g/mol. The average molecular weight is 724 g/mol. The Morgan fingerprint density at radius 2 is 1.73 bits per heavy atom. The molecule has 1 atom stereocenters. The summed E-state index contributed by atoms with van der Waals surface area (Å²) in [5, 5.41) is 22.6. The standard InChI is InChI=1S/C33H41Cl2FN6O7/c1-19(27-23(34)8-9-24(36)28(27)35)47-25-14-20(18-42(46)29(25)39-26(43)16-37-30(44)48-32(2,3)4)21-15-38-41(17-21)22-10-12-40(13-11-22)31(45)49-33(5,6)7/h8-9,14-15,17-19,22H,10-13,16H2,1-7H3,(H,37,44)(H,39,43). The van der Waals surface area contributed by atoms with Gasteiger partial charge in [0.1, 0.15) is 35.9 Å². The minimum absolute atomic E-state index is 0.00384. The first-order valence-corrected chi connectivity index (χ1v) is 16.4. The second-order valence-electron chi connectivity index (χ2n) is 13.6. The quantitative estimate of drug-likeness (QED) is 0.146. The summed E-state index contributed by atoms with van der Waals surface area (Å²) in [5.74, 6) is -1.83. The van der Waals surface area contributed by atoms with Gasteiger partial charge in [-0.2, -0.15) is 5.10 Å². The van der Waals surface area contributed by atoms with Crippen LogP contribution < -0.4 is 20.1 Å². The number of hydrogen-bond acceptors (Lipinski definition) is 8. The molecule has 1 aliphatic rings. The number of nitrogens with zero attached hydrogens (tertiary/aromatic N) is 4. The number of benzene rings is 1. The van der Waals surface area contributed by atoms with Crippen molar-refractivity contribution in [2.45, 2.75) is 84.7 Å². The molecule has 0 bridgehead atoms. The summed E-state index contributed by atoms with van der Waals surface area (Å²) in [6.07, 6.45) is 3.74. The second kappa shape index (κ2) is 15.1. The van der Waals surface area contributed by atoms with Gasteiger partial charge in [-0.15, -0.1) is 0 Å². The molecule has 2 aromatic heterocycles. The van der Waals surface area contributed by atoms with Crippen LogP contribution in [0.5, 0.6) is 5.75 Å². The van der Waals surface area contributed by atoms with Gasteiger partial charge in [-0.3, -0.25) is 4.68 Å². The van der Waals surface area contributed by atoms with Gasteiger partial charge in [0.2, 0.25) is 5.75 Å². The topological polar surface area (TPSA) is 151 Å². The molecule has 0 spiro atoms. The van der Waals surface area contributed by atoms with E-state index >= 15 is 0 Å². The van der Waals surface area contributed by atoms with Crippen molar-refractivity contribution in [3.63, 3.8) is 0 Å². The molecule has 1 aliphatic heterocycles. The van der Waals surface area contributed by atoms with Crippen LogP contribution in [0, 0.1) is 11.0 Å². The van der Waals surface area contributed by atoms with Gasteiger partial charge >= 0.3 is 23.9 Å². The van der Waals surface area contributed by atoms with E-state index in [0.717, 1.165) is 6.07 Å². The van der Waals surface area contributed by atoms with Gasteiger partial charge in [-0.25, -0.2) is 28.8 Å². The van der Waals surface area contributed by atoms with E-state index < -0.39 is 41.7 Å². The van der Waals surface area contributed by atoms with Crippen LogP contribution in [0.25, 0.3) is 11.1 Å². The van der Waals surface area contributed by atoms with Crippen LogP contribution in [0.3, 0.4) is 0 Å². The van der Waals surface area contributed by atoms with E-state index in [4.69, 9.17) is 37.4 Å². The predicted octanol–water partition coefficient (Wildman–Crippen LogP) is 6.80. The van der Waals surface area contributed by atoms with Gasteiger partial charge in [0.05, 0.1) is 17.3 Å². The highest BCUT2D eigenvalue weighted by Gasteiger charge is 2.29. The Bertz CT molecular complexity index is 1700. The second-order valence-corrected chi connectivity index (χ2v) is 14.4. The molecule has 49 heavy (non-hydrogen) atoms. The largest absolute Gasteiger partial charge is 0.710 e. The lowest BCUT2D eigenvalue weighted by Crippen LogP contribution is -2.42. The molecule has 4 rings (SSSR count). The third-order valence-corrected chi connectivity index (χ3v) is 7.98. The van der Waals surface area contributed by atoms with Gasteiger partial charge in [0.15, 0.2) is 0 Å². The highest BCUT2D eigenvalue weighted by atomic mass is 35.5. The van der Waals surface area contributed by atoms with E-state index in [-0.39, 0.29) is 39.3 Å². The maximum atomic E-state index is 14.4. The number of nitrogens with one attached hydrogen (secondary N) is 2. The normalized spacial score (nSPS) is 14.6. The van der Waals surface area contributed by atoms with Crippen LogP contribution in [0.2, 0.25) is 10.0 Å². The van der Waals surface area contributed by atoms with Crippen molar-refractivity contribution in [1.29, 1.82) is 0 Å². The molecule has 16 heteroatoms. The molecule has 1 unspecified atom stereocenters. The minimum Gasteiger partial charge on any atom is -0.710 e. The highest BCUT2D eigenvalue weighted by Crippen LogP contribution is 2.37. The van der Waals surface area contributed by atoms with E-state index in [2.05, 4.69) is 15.7 Å². The Labute approximate surface area is 294 Å². The number of carbonyl (C=O) groups is 3. The van der Waals surface area contributed by atoms with Gasteiger partial charge in [-0.05, 0) is 73.4 Å². The number of rotatable bonds is 8.